The lowest BCUT2D eigenvalue weighted by Gasteiger charge is -2.18. The van der Waals surface area contributed by atoms with Crippen LogP contribution in [0.3, 0.4) is 0 Å². The van der Waals surface area contributed by atoms with Gasteiger partial charge in [-0.15, -0.1) is 0 Å². The quantitative estimate of drug-likeness (QED) is 0.832. The molecule has 0 aliphatic carbocycles. The van der Waals surface area contributed by atoms with Gasteiger partial charge in [-0.05, 0) is 31.5 Å². The van der Waals surface area contributed by atoms with Gasteiger partial charge in [-0.2, -0.15) is 0 Å². The Morgan fingerprint density at radius 1 is 1.32 bits per heavy atom. The molecule has 0 saturated carbocycles. The van der Waals surface area contributed by atoms with Crippen LogP contribution in [-0.4, -0.2) is 34.6 Å². The van der Waals surface area contributed by atoms with E-state index >= 15 is 0 Å². The smallest absolute Gasteiger partial charge is 0.246 e. The zero-order valence-corrected chi connectivity index (χ0v) is 10.7. The van der Waals surface area contributed by atoms with E-state index in [1.165, 1.54) is 0 Å². The standard InChI is InChI=1S/C14H16N4O/c19-13(11-5-3-7-15-11)18-9-8-17-12-6-2-1-4-10(12)16-14(17)18/h1-2,4,6,11,15H,3,5,7-9H2. The number of carbonyl (C=O) groups excluding carboxylic acids is 1. The predicted molar refractivity (Wildman–Crippen MR) is 73.1 cm³/mol. The monoisotopic (exact) mass is 256 g/mol. The number of benzene rings is 1. The van der Waals surface area contributed by atoms with E-state index in [1.807, 2.05) is 23.1 Å². The van der Waals surface area contributed by atoms with Gasteiger partial charge in [0.1, 0.15) is 0 Å². The van der Waals surface area contributed by atoms with Crippen LogP contribution in [0.2, 0.25) is 0 Å². The molecular weight excluding hydrogens is 240 g/mol. The molecule has 2 aliphatic heterocycles. The number of rotatable bonds is 1. The SMILES string of the molecule is O=C(C1CCCN1)N1CCn2c1nc1ccccc12. The number of hydrogen-bond donors (Lipinski definition) is 1. The first-order valence-electron chi connectivity index (χ1n) is 6.84. The van der Waals surface area contributed by atoms with Crippen LogP contribution < -0.4 is 10.2 Å². The van der Waals surface area contributed by atoms with Gasteiger partial charge >= 0.3 is 0 Å². The summed E-state index contributed by atoms with van der Waals surface area (Å²) in [5.74, 6) is 0.978. The van der Waals surface area contributed by atoms with Crippen molar-refractivity contribution < 1.29 is 4.79 Å². The fourth-order valence-corrected chi connectivity index (χ4v) is 3.08. The molecule has 1 aromatic carbocycles. The van der Waals surface area contributed by atoms with Crippen molar-refractivity contribution in [3.05, 3.63) is 24.3 Å². The molecule has 1 fully saturated rings. The van der Waals surface area contributed by atoms with Crippen LogP contribution in [0.25, 0.3) is 11.0 Å². The Hall–Kier alpha value is -1.88. The van der Waals surface area contributed by atoms with E-state index in [2.05, 4.69) is 20.9 Å². The van der Waals surface area contributed by atoms with Crippen molar-refractivity contribution in [1.29, 1.82) is 0 Å². The number of nitrogens with zero attached hydrogens (tertiary/aromatic N) is 3. The van der Waals surface area contributed by atoms with Gasteiger partial charge in [-0.25, -0.2) is 4.98 Å². The Kier molecular flexibility index (Phi) is 2.35. The molecule has 1 aromatic heterocycles. The van der Waals surface area contributed by atoms with Crippen LogP contribution in [0.5, 0.6) is 0 Å². The van der Waals surface area contributed by atoms with E-state index in [0.717, 1.165) is 49.5 Å². The third kappa shape index (κ3) is 1.58. The minimum atomic E-state index is -0.0219. The van der Waals surface area contributed by atoms with Crippen LogP contribution >= 0.6 is 0 Å². The van der Waals surface area contributed by atoms with E-state index < -0.39 is 0 Å². The van der Waals surface area contributed by atoms with Crippen LogP contribution in [-0.2, 0) is 11.3 Å². The van der Waals surface area contributed by atoms with E-state index in [0.29, 0.717) is 0 Å². The molecule has 0 radical (unpaired) electrons. The zero-order valence-electron chi connectivity index (χ0n) is 10.7. The molecule has 1 atom stereocenters. The molecule has 1 unspecified atom stereocenters. The highest BCUT2D eigenvalue weighted by Crippen LogP contribution is 2.28. The average molecular weight is 256 g/mol. The Balaban J connectivity index is 1.73. The second kappa shape index (κ2) is 4.06. The molecule has 0 bridgehead atoms. The Morgan fingerprint density at radius 3 is 3.05 bits per heavy atom. The molecule has 2 aromatic rings. The molecule has 1 saturated heterocycles. The van der Waals surface area contributed by atoms with E-state index in [-0.39, 0.29) is 11.9 Å². The Morgan fingerprint density at radius 2 is 2.21 bits per heavy atom. The maximum atomic E-state index is 12.5. The van der Waals surface area contributed by atoms with Gasteiger partial charge < -0.3 is 9.88 Å². The van der Waals surface area contributed by atoms with Crippen LogP contribution in [0.1, 0.15) is 12.8 Å². The maximum absolute atomic E-state index is 12.5. The summed E-state index contributed by atoms with van der Waals surface area (Å²) in [6.45, 7) is 2.53. The molecule has 19 heavy (non-hydrogen) atoms. The number of carbonyl (C=O) groups is 1. The van der Waals surface area contributed by atoms with Crippen molar-refractivity contribution in [1.82, 2.24) is 14.9 Å². The summed E-state index contributed by atoms with van der Waals surface area (Å²) in [5.41, 5.74) is 2.08. The number of hydrogen-bond acceptors (Lipinski definition) is 3. The highest BCUT2D eigenvalue weighted by molar-refractivity contribution is 5.98. The number of aromatic nitrogens is 2. The fourth-order valence-electron chi connectivity index (χ4n) is 3.08. The molecule has 98 valence electrons. The third-order valence-electron chi connectivity index (χ3n) is 4.05. The molecule has 2 aliphatic rings. The average Bonchev–Trinajstić information content (AvgIpc) is 3.14. The van der Waals surface area contributed by atoms with Crippen LogP contribution in [0, 0.1) is 0 Å². The minimum absolute atomic E-state index is 0.0219. The second-order valence-corrected chi connectivity index (χ2v) is 5.19. The Labute approximate surface area is 111 Å². The van der Waals surface area contributed by atoms with E-state index in [9.17, 15) is 4.79 Å². The van der Waals surface area contributed by atoms with Gasteiger partial charge in [0.05, 0.1) is 17.1 Å². The summed E-state index contributed by atoms with van der Waals surface area (Å²) in [7, 11) is 0. The van der Waals surface area contributed by atoms with Crippen molar-refractivity contribution in [3.63, 3.8) is 0 Å². The Bertz CT molecular complexity index is 642. The van der Waals surface area contributed by atoms with Gasteiger partial charge in [0, 0.05) is 13.1 Å². The summed E-state index contributed by atoms with van der Waals surface area (Å²) < 4.78 is 2.14. The summed E-state index contributed by atoms with van der Waals surface area (Å²) in [6.07, 6.45) is 2.02. The van der Waals surface area contributed by atoms with Crippen molar-refractivity contribution >= 4 is 22.9 Å². The van der Waals surface area contributed by atoms with Gasteiger partial charge in [0.15, 0.2) is 0 Å². The lowest BCUT2D eigenvalue weighted by molar-refractivity contribution is -0.120. The maximum Gasteiger partial charge on any atom is 0.246 e. The predicted octanol–water partition coefficient (Wildman–Crippen LogP) is 1.13. The number of nitrogens with one attached hydrogen (secondary N) is 1. The number of imidazole rings is 1. The molecule has 3 heterocycles. The highest BCUT2D eigenvalue weighted by atomic mass is 16.2. The fraction of sp³-hybridized carbons (Fsp3) is 0.429. The molecule has 5 nitrogen and oxygen atoms in total. The van der Waals surface area contributed by atoms with Crippen LogP contribution in [0.15, 0.2) is 24.3 Å². The van der Waals surface area contributed by atoms with Crippen LogP contribution in [0.4, 0.5) is 5.95 Å². The van der Waals surface area contributed by atoms with E-state index in [1.54, 1.807) is 0 Å². The van der Waals surface area contributed by atoms with Crippen molar-refractivity contribution in [2.45, 2.75) is 25.4 Å². The number of fused-ring (bicyclic) bond motifs is 3. The third-order valence-corrected chi connectivity index (χ3v) is 4.05. The molecule has 5 heteroatoms. The number of amides is 1. The minimum Gasteiger partial charge on any atom is -0.308 e. The van der Waals surface area contributed by atoms with E-state index in [4.69, 9.17) is 0 Å². The van der Waals surface area contributed by atoms with Gasteiger partial charge in [-0.3, -0.25) is 9.69 Å². The summed E-state index contributed by atoms with van der Waals surface area (Å²) >= 11 is 0. The molecule has 4 rings (SSSR count). The summed E-state index contributed by atoms with van der Waals surface area (Å²) in [5, 5.41) is 3.27. The normalized spacial score (nSPS) is 22.1. The summed E-state index contributed by atoms with van der Waals surface area (Å²) in [4.78, 5) is 18.9. The van der Waals surface area contributed by atoms with Gasteiger partial charge in [0.25, 0.3) is 0 Å². The highest BCUT2D eigenvalue weighted by Gasteiger charge is 2.33. The molecule has 0 spiro atoms. The summed E-state index contributed by atoms with van der Waals surface area (Å²) in [6, 6.07) is 8.03. The van der Waals surface area contributed by atoms with Crippen molar-refractivity contribution in [3.8, 4) is 0 Å². The van der Waals surface area contributed by atoms with Gasteiger partial charge in [-0.1, -0.05) is 12.1 Å². The topological polar surface area (TPSA) is 50.2 Å². The lowest BCUT2D eigenvalue weighted by atomic mass is 10.2. The second-order valence-electron chi connectivity index (χ2n) is 5.19. The first-order chi connectivity index (χ1) is 9.34. The molecular formula is C14H16N4O. The lowest BCUT2D eigenvalue weighted by Crippen LogP contribution is -2.43. The number of para-hydroxylation sites is 2. The zero-order chi connectivity index (χ0) is 12.8. The molecule has 1 N–H and O–H groups in total. The van der Waals surface area contributed by atoms with Crippen molar-refractivity contribution in [2.24, 2.45) is 0 Å². The first kappa shape index (κ1) is 11.0. The largest absolute Gasteiger partial charge is 0.308 e. The van der Waals surface area contributed by atoms with Crippen molar-refractivity contribution in [2.75, 3.05) is 18.0 Å². The molecule has 1 amide bonds. The van der Waals surface area contributed by atoms with Gasteiger partial charge in [0.2, 0.25) is 11.9 Å². The number of anilines is 1. The first-order valence-corrected chi connectivity index (χ1v) is 6.84.